The van der Waals surface area contributed by atoms with Crippen LogP contribution < -0.4 is 10.2 Å². The highest BCUT2D eigenvalue weighted by atomic mass is 19.2. The van der Waals surface area contributed by atoms with Crippen molar-refractivity contribution in [2.24, 2.45) is 0 Å². The second-order valence-corrected chi connectivity index (χ2v) is 5.70. The van der Waals surface area contributed by atoms with Gasteiger partial charge in [0.1, 0.15) is 0 Å². The molecule has 0 bridgehead atoms. The molecule has 7 heteroatoms. The number of carbonyl (C=O) groups excluding carboxylic acids is 1. The van der Waals surface area contributed by atoms with Crippen molar-refractivity contribution < 1.29 is 18.0 Å². The van der Waals surface area contributed by atoms with Crippen molar-refractivity contribution in [3.05, 3.63) is 83.9 Å². The van der Waals surface area contributed by atoms with Gasteiger partial charge in [-0.15, -0.1) is 0 Å². The van der Waals surface area contributed by atoms with Gasteiger partial charge in [-0.25, -0.2) is 13.2 Å². The molecule has 3 aromatic rings. The monoisotopic (exact) mass is 371 g/mol. The smallest absolute Gasteiger partial charge is 0.259 e. The van der Waals surface area contributed by atoms with Crippen LogP contribution in [0.15, 0.2) is 60.9 Å². The Morgan fingerprint density at radius 1 is 1.04 bits per heavy atom. The van der Waals surface area contributed by atoms with E-state index >= 15 is 0 Å². The first kappa shape index (κ1) is 18.4. The molecule has 4 nitrogen and oxygen atoms in total. The van der Waals surface area contributed by atoms with Crippen LogP contribution in [-0.4, -0.2) is 17.4 Å². The van der Waals surface area contributed by atoms with Crippen LogP contribution in [0.3, 0.4) is 0 Å². The lowest BCUT2D eigenvalue weighted by Gasteiger charge is -2.21. The third-order valence-corrected chi connectivity index (χ3v) is 3.93. The van der Waals surface area contributed by atoms with Crippen molar-refractivity contribution in [3.8, 4) is 0 Å². The number of hydrogen-bond donors (Lipinski definition) is 1. The fourth-order valence-electron chi connectivity index (χ4n) is 2.61. The molecule has 0 radical (unpaired) electrons. The molecule has 1 heterocycles. The van der Waals surface area contributed by atoms with Crippen molar-refractivity contribution in [2.75, 3.05) is 16.8 Å². The molecule has 0 atom stereocenters. The van der Waals surface area contributed by atoms with Gasteiger partial charge < -0.3 is 10.2 Å². The molecule has 27 heavy (non-hydrogen) atoms. The number of nitrogens with one attached hydrogen (secondary N) is 1. The average molecular weight is 371 g/mol. The maximum Gasteiger partial charge on any atom is 0.259 e. The molecule has 2 aromatic carbocycles. The summed E-state index contributed by atoms with van der Waals surface area (Å²) in [5.74, 6) is -4.47. The summed E-state index contributed by atoms with van der Waals surface area (Å²) in [6, 6.07) is 12.5. The molecule has 0 aliphatic heterocycles. The Balaban J connectivity index is 1.87. The first-order valence-electron chi connectivity index (χ1n) is 8.23. The maximum absolute atomic E-state index is 13.8. The summed E-state index contributed by atoms with van der Waals surface area (Å²) in [7, 11) is 0. The van der Waals surface area contributed by atoms with Crippen LogP contribution in [0.2, 0.25) is 0 Å². The minimum atomic E-state index is -1.57. The number of rotatable bonds is 5. The second-order valence-electron chi connectivity index (χ2n) is 5.70. The molecule has 138 valence electrons. The van der Waals surface area contributed by atoms with Gasteiger partial charge in [-0.05, 0) is 37.3 Å². The lowest BCUT2D eigenvalue weighted by atomic mass is 10.2. The zero-order valence-electron chi connectivity index (χ0n) is 14.4. The number of carbonyl (C=O) groups is 1. The van der Waals surface area contributed by atoms with Gasteiger partial charge in [0.2, 0.25) is 0 Å². The minimum Gasteiger partial charge on any atom is -0.352 e. The van der Waals surface area contributed by atoms with E-state index in [-0.39, 0.29) is 22.8 Å². The van der Waals surface area contributed by atoms with Crippen molar-refractivity contribution in [3.63, 3.8) is 0 Å². The molecule has 0 spiro atoms. The fraction of sp³-hybridized carbons (Fsp3) is 0.100. The molecular formula is C20H16F3N3O. The summed E-state index contributed by atoms with van der Waals surface area (Å²) >= 11 is 0. The van der Waals surface area contributed by atoms with Crippen molar-refractivity contribution in [2.45, 2.75) is 6.92 Å². The molecule has 0 aliphatic carbocycles. The number of aromatic nitrogens is 1. The van der Waals surface area contributed by atoms with E-state index in [1.807, 2.05) is 37.3 Å². The van der Waals surface area contributed by atoms with E-state index in [0.717, 1.165) is 17.8 Å². The Labute approximate surface area is 154 Å². The number of anilines is 3. The Kier molecular flexibility index (Phi) is 5.40. The predicted molar refractivity (Wildman–Crippen MR) is 97.6 cm³/mol. The number of benzene rings is 2. The lowest BCUT2D eigenvalue weighted by Crippen LogP contribution is -2.30. The largest absolute Gasteiger partial charge is 0.352 e. The molecular weight excluding hydrogens is 355 g/mol. The van der Waals surface area contributed by atoms with Gasteiger partial charge >= 0.3 is 0 Å². The highest BCUT2D eigenvalue weighted by molar-refractivity contribution is 6.06. The van der Waals surface area contributed by atoms with E-state index in [9.17, 15) is 18.0 Å². The topological polar surface area (TPSA) is 45.2 Å². The van der Waals surface area contributed by atoms with Crippen molar-refractivity contribution in [1.82, 2.24) is 4.98 Å². The molecule has 0 saturated carbocycles. The van der Waals surface area contributed by atoms with Gasteiger partial charge in [0, 0.05) is 18.4 Å². The van der Waals surface area contributed by atoms with Gasteiger partial charge in [0.25, 0.3) is 5.91 Å². The third kappa shape index (κ3) is 3.92. The van der Waals surface area contributed by atoms with Crippen LogP contribution in [0, 0.1) is 17.5 Å². The Morgan fingerprint density at radius 2 is 1.78 bits per heavy atom. The Hall–Kier alpha value is -3.35. The van der Waals surface area contributed by atoms with E-state index in [1.54, 1.807) is 4.90 Å². The average Bonchev–Trinajstić information content (AvgIpc) is 2.70. The van der Waals surface area contributed by atoms with Crippen LogP contribution in [0.5, 0.6) is 0 Å². The quantitative estimate of drug-likeness (QED) is 0.648. The zero-order valence-corrected chi connectivity index (χ0v) is 14.4. The number of nitrogens with zero attached hydrogens (tertiary/aromatic N) is 2. The lowest BCUT2D eigenvalue weighted by molar-refractivity contribution is 0.0988. The van der Waals surface area contributed by atoms with Gasteiger partial charge in [0.05, 0.1) is 23.1 Å². The number of para-hydroxylation sites is 1. The summed E-state index contributed by atoms with van der Waals surface area (Å²) in [6.07, 6.45) is 2.75. The van der Waals surface area contributed by atoms with E-state index < -0.39 is 17.5 Å². The van der Waals surface area contributed by atoms with Crippen LogP contribution in [-0.2, 0) is 0 Å². The first-order valence-corrected chi connectivity index (χ1v) is 8.23. The predicted octanol–water partition coefficient (Wildman–Crippen LogP) is 4.91. The second kappa shape index (κ2) is 7.90. The molecule has 0 aliphatic rings. The maximum atomic E-state index is 13.8. The third-order valence-electron chi connectivity index (χ3n) is 3.93. The molecule has 1 aromatic heterocycles. The summed E-state index contributed by atoms with van der Waals surface area (Å²) in [5, 5.41) is 2.62. The van der Waals surface area contributed by atoms with Crippen LogP contribution in [0.4, 0.5) is 30.2 Å². The fourth-order valence-corrected chi connectivity index (χ4v) is 2.61. The van der Waals surface area contributed by atoms with Crippen molar-refractivity contribution in [1.29, 1.82) is 0 Å². The SMILES string of the molecule is CCN(C(=O)c1cncc(Nc2ccc(F)c(F)c2F)c1)c1ccccc1. The van der Waals surface area contributed by atoms with Crippen LogP contribution in [0.25, 0.3) is 0 Å². The molecule has 1 amide bonds. The van der Waals surface area contributed by atoms with Crippen molar-refractivity contribution >= 4 is 23.0 Å². The molecule has 0 unspecified atom stereocenters. The van der Waals surface area contributed by atoms with Gasteiger partial charge in [-0.3, -0.25) is 9.78 Å². The standard InChI is InChI=1S/C20H16F3N3O/c1-2-26(15-6-4-3-5-7-15)20(27)13-10-14(12-24-11-13)25-17-9-8-16(21)18(22)19(17)23/h3-12,25H,2H2,1H3. The van der Waals surface area contributed by atoms with Gasteiger partial charge in [-0.2, -0.15) is 0 Å². The molecule has 3 rings (SSSR count). The highest BCUT2D eigenvalue weighted by Gasteiger charge is 2.18. The zero-order chi connectivity index (χ0) is 19.4. The number of amides is 1. The number of halogens is 3. The summed E-state index contributed by atoms with van der Waals surface area (Å²) < 4.78 is 40.3. The van der Waals surface area contributed by atoms with Gasteiger partial charge in [0.15, 0.2) is 17.5 Å². The van der Waals surface area contributed by atoms with E-state index in [2.05, 4.69) is 10.3 Å². The Bertz CT molecular complexity index is 964. The summed E-state index contributed by atoms with van der Waals surface area (Å²) in [6.45, 7) is 2.29. The molecule has 1 N–H and O–H groups in total. The Morgan fingerprint density at radius 3 is 2.48 bits per heavy atom. The van der Waals surface area contributed by atoms with E-state index in [4.69, 9.17) is 0 Å². The number of hydrogen-bond acceptors (Lipinski definition) is 3. The number of pyridine rings is 1. The van der Waals surface area contributed by atoms with Crippen LogP contribution in [0.1, 0.15) is 17.3 Å². The molecule has 0 saturated heterocycles. The minimum absolute atomic E-state index is 0.254. The normalized spacial score (nSPS) is 10.5. The van der Waals surface area contributed by atoms with E-state index in [1.165, 1.54) is 18.5 Å². The summed E-state index contributed by atoms with van der Waals surface area (Å²) in [5.41, 5.74) is 1.02. The molecule has 0 fully saturated rings. The first-order chi connectivity index (χ1) is 13.0. The summed E-state index contributed by atoms with van der Waals surface area (Å²) in [4.78, 5) is 18.4. The van der Waals surface area contributed by atoms with Gasteiger partial charge in [-0.1, -0.05) is 18.2 Å². The highest BCUT2D eigenvalue weighted by Crippen LogP contribution is 2.24. The van der Waals surface area contributed by atoms with E-state index in [0.29, 0.717) is 6.54 Å². The van der Waals surface area contributed by atoms with Crippen LogP contribution >= 0.6 is 0 Å².